The van der Waals surface area contributed by atoms with Crippen molar-refractivity contribution in [3.8, 4) is 0 Å². The van der Waals surface area contributed by atoms with Gasteiger partial charge in [0.2, 0.25) is 0 Å². The van der Waals surface area contributed by atoms with Crippen LogP contribution < -0.4 is 0 Å². The maximum absolute atomic E-state index is 5.02. The van der Waals surface area contributed by atoms with Crippen molar-refractivity contribution in [1.82, 2.24) is 19.9 Å². The van der Waals surface area contributed by atoms with Crippen LogP contribution in [0, 0.1) is 0 Å². The molecule has 27 heavy (non-hydrogen) atoms. The first kappa shape index (κ1) is 19.9. The zero-order chi connectivity index (χ0) is 20.3. The smallest absolute Gasteiger partial charge is 0.133 e. The van der Waals surface area contributed by atoms with E-state index in [0.29, 0.717) is 0 Å². The molecule has 0 radical (unpaired) electrons. The molecule has 4 nitrogen and oxygen atoms in total. The van der Waals surface area contributed by atoms with Gasteiger partial charge in [0.05, 0.1) is 5.69 Å². The fourth-order valence-electron chi connectivity index (χ4n) is 4.36. The number of hydrogen-bond donors (Lipinski definition) is 0. The van der Waals surface area contributed by atoms with Gasteiger partial charge >= 0.3 is 0 Å². The van der Waals surface area contributed by atoms with Gasteiger partial charge in [-0.25, -0.2) is 19.9 Å². The summed E-state index contributed by atoms with van der Waals surface area (Å²) in [7, 11) is 0. The average Bonchev–Trinajstić information content (AvgIpc) is 2.71. The summed E-state index contributed by atoms with van der Waals surface area (Å²) in [6.07, 6.45) is 7.87. The summed E-state index contributed by atoms with van der Waals surface area (Å²) in [6.45, 7) is 20.0. The van der Waals surface area contributed by atoms with Crippen LogP contribution >= 0.6 is 0 Å². The van der Waals surface area contributed by atoms with Crippen molar-refractivity contribution in [1.29, 1.82) is 0 Å². The summed E-state index contributed by atoms with van der Waals surface area (Å²) in [6, 6.07) is 0. The topological polar surface area (TPSA) is 51.6 Å². The minimum atomic E-state index is -0.122. The van der Waals surface area contributed by atoms with Crippen LogP contribution in [0.4, 0.5) is 0 Å². The van der Waals surface area contributed by atoms with Gasteiger partial charge in [-0.1, -0.05) is 62.3 Å². The van der Waals surface area contributed by atoms with Crippen molar-refractivity contribution in [2.75, 3.05) is 0 Å². The van der Waals surface area contributed by atoms with E-state index in [2.05, 4.69) is 78.5 Å². The Balaban J connectivity index is 1.89. The highest BCUT2D eigenvalue weighted by Gasteiger charge is 2.43. The maximum atomic E-state index is 5.02. The summed E-state index contributed by atoms with van der Waals surface area (Å²) in [5.74, 6) is 1.78. The first-order valence-corrected chi connectivity index (χ1v) is 9.92. The highest BCUT2D eigenvalue weighted by molar-refractivity contribution is 5.39. The Hall–Kier alpha value is -1.84. The molecule has 2 aromatic rings. The zero-order valence-corrected chi connectivity index (χ0v) is 18.4. The molecule has 0 bridgehead atoms. The van der Waals surface area contributed by atoms with E-state index in [1.165, 1.54) is 11.3 Å². The first-order valence-electron chi connectivity index (χ1n) is 9.92. The van der Waals surface area contributed by atoms with Crippen LogP contribution in [0.25, 0.3) is 0 Å². The Labute approximate surface area is 164 Å². The van der Waals surface area contributed by atoms with Crippen molar-refractivity contribution in [2.24, 2.45) is 0 Å². The maximum Gasteiger partial charge on any atom is 0.133 e. The lowest BCUT2D eigenvalue weighted by molar-refractivity contribution is 0.399. The van der Waals surface area contributed by atoms with Crippen LogP contribution in [0.1, 0.15) is 97.2 Å². The third-order valence-corrected chi connectivity index (χ3v) is 5.80. The van der Waals surface area contributed by atoms with Crippen LogP contribution in [0.15, 0.2) is 18.6 Å². The lowest BCUT2D eigenvalue weighted by Gasteiger charge is -2.26. The van der Waals surface area contributed by atoms with Gasteiger partial charge in [0, 0.05) is 35.8 Å². The van der Waals surface area contributed by atoms with Gasteiger partial charge in [-0.05, 0) is 28.4 Å². The third kappa shape index (κ3) is 3.76. The lowest BCUT2D eigenvalue weighted by Crippen LogP contribution is -2.25. The van der Waals surface area contributed by atoms with Crippen LogP contribution in [-0.4, -0.2) is 19.9 Å². The van der Waals surface area contributed by atoms with Crippen LogP contribution in [-0.2, 0) is 28.1 Å². The van der Waals surface area contributed by atoms with Crippen molar-refractivity contribution in [3.05, 3.63) is 47.1 Å². The number of aromatic nitrogens is 4. The second-order valence-electron chi connectivity index (χ2n) is 11.1. The molecule has 0 fully saturated rings. The number of rotatable bonds is 3. The van der Waals surface area contributed by atoms with Gasteiger partial charge in [0.1, 0.15) is 11.6 Å². The Morgan fingerprint density at radius 2 is 1.44 bits per heavy atom. The standard InChI is InChI=1S/C23H34N4/c1-20(2,3)19-25-11-15(12-26-19)21(4,5)10-17-24-13-16-18(27-17)23(8,9)14-22(16,6)7/h11-13H,10,14H2,1-9H3. The predicted octanol–water partition coefficient (Wildman–Crippen LogP) is 5.04. The van der Waals surface area contributed by atoms with E-state index in [0.717, 1.165) is 30.1 Å². The van der Waals surface area contributed by atoms with Crippen molar-refractivity contribution in [3.63, 3.8) is 0 Å². The van der Waals surface area contributed by atoms with E-state index in [-0.39, 0.29) is 21.7 Å². The van der Waals surface area contributed by atoms with Crippen molar-refractivity contribution in [2.45, 2.75) is 96.8 Å². The fraction of sp³-hybridized carbons (Fsp3) is 0.652. The Kier molecular flexibility index (Phi) is 4.48. The van der Waals surface area contributed by atoms with E-state index >= 15 is 0 Å². The summed E-state index contributed by atoms with van der Waals surface area (Å²) < 4.78 is 0. The van der Waals surface area contributed by atoms with E-state index in [1.54, 1.807) is 0 Å². The molecule has 0 aliphatic heterocycles. The van der Waals surface area contributed by atoms with E-state index < -0.39 is 0 Å². The minimum Gasteiger partial charge on any atom is -0.241 e. The van der Waals surface area contributed by atoms with Crippen LogP contribution in [0.2, 0.25) is 0 Å². The van der Waals surface area contributed by atoms with Gasteiger partial charge in [0.15, 0.2) is 0 Å². The normalized spacial score (nSPS) is 18.4. The molecular formula is C23H34N4. The molecule has 4 heteroatoms. The Bertz CT molecular complexity index is 840. The van der Waals surface area contributed by atoms with Gasteiger partial charge < -0.3 is 0 Å². The van der Waals surface area contributed by atoms with Gasteiger partial charge in [-0.2, -0.15) is 0 Å². The molecule has 0 N–H and O–H groups in total. The summed E-state index contributed by atoms with van der Waals surface area (Å²) in [4.78, 5) is 19.0. The zero-order valence-electron chi connectivity index (χ0n) is 18.4. The molecule has 2 aromatic heterocycles. The molecular weight excluding hydrogens is 332 g/mol. The highest BCUT2D eigenvalue weighted by Crippen LogP contribution is 2.48. The molecule has 2 heterocycles. The summed E-state index contributed by atoms with van der Waals surface area (Å²) in [5, 5.41) is 0. The first-order chi connectivity index (χ1) is 12.2. The predicted molar refractivity (Wildman–Crippen MR) is 110 cm³/mol. The SMILES string of the molecule is CC(C)(C)c1ncc(C(C)(C)Cc2ncc3c(n2)C(C)(C)CC3(C)C)cn1. The van der Waals surface area contributed by atoms with Gasteiger partial charge in [-0.3, -0.25) is 0 Å². The minimum absolute atomic E-state index is 0.0375. The third-order valence-electron chi connectivity index (χ3n) is 5.80. The molecule has 1 aliphatic rings. The summed E-state index contributed by atoms with van der Waals surface area (Å²) in [5.41, 5.74) is 3.72. The van der Waals surface area contributed by atoms with E-state index in [1.807, 2.05) is 12.4 Å². The second-order valence-corrected chi connectivity index (χ2v) is 11.1. The Morgan fingerprint density at radius 1 is 0.852 bits per heavy atom. The largest absolute Gasteiger partial charge is 0.241 e. The number of fused-ring (bicyclic) bond motifs is 1. The molecule has 0 aromatic carbocycles. The van der Waals surface area contributed by atoms with Gasteiger partial charge in [0.25, 0.3) is 0 Å². The molecule has 0 spiro atoms. The van der Waals surface area contributed by atoms with E-state index in [9.17, 15) is 0 Å². The van der Waals surface area contributed by atoms with Crippen LogP contribution in [0.5, 0.6) is 0 Å². The second kappa shape index (κ2) is 6.08. The molecule has 0 saturated carbocycles. The molecule has 1 aliphatic carbocycles. The molecule has 3 rings (SSSR count). The average molecular weight is 367 g/mol. The molecule has 0 unspecified atom stereocenters. The summed E-state index contributed by atoms with van der Waals surface area (Å²) >= 11 is 0. The van der Waals surface area contributed by atoms with Crippen molar-refractivity contribution < 1.29 is 0 Å². The van der Waals surface area contributed by atoms with E-state index in [4.69, 9.17) is 9.97 Å². The lowest BCUT2D eigenvalue weighted by atomic mass is 9.82. The number of hydrogen-bond acceptors (Lipinski definition) is 4. The van der Waals surface area contributed by atoms with Crippen molar-refractivity contribution >= 4 is 0 Å². The highest BCUT2D eigenvalue weighted by atomic mass is 14.9. The van der Waals surface area contributed by atoms with Crippen LogP contribution in [0.3, 0.4) is 0 Å². The molecule has 0 saturated heterocycles. The molecule has 146 valence electrons. The van der Waals surface area contributed by atoms with Gasteiger partial charge in [-0.15, -0.1) is 0 Å². The number of nitrogens with zero attached hydrogens (tertiary/aromatic N) is 4. The monoisotopic (exact) mass is 366 g/mol. The fourth-order valence-corrected chi connectivity index (χ4v) is 4.36. The Morgan fingerprint density at radius 3 is 2.00 bits per heavy atom. The quantitative estimate of drug-likeness (QED) is 0.763. The molecule has 0 atom stereocenters. The molecule has 0 amide bonds.